The molecule has 3 rings (SSSR count). The molecule has 1 fully saturated rings. The molecular formula is C18H21N3O4. The van der Waals surface area contributed by atoms with Gasteiger partial charge in [0, 0.05) is 25.2 Å². The molecule has 0 N–H and O–H groups in total. The van der Waals surface area contributed by atoms with Crippen molar-refractivity contribution in [1.82, 2.24) is 15.1 Å². The zero-order chi connectivity index (χ0) is 17.6. The molecular weight excluding hydrogens is 322 g/mol. The molecule has 1 atom stereocenters. The number of ether oxygens (including phenoxy) is 3. The van der Waals surface area contributed by atoms with Gasteiger partial charge in [-0.25, -0.2) is 0 Å². The summed E-state index contributed by atoms with van der Waals surface area (Å²) in [7, 11) is 3.17. The van der Waals surface area contributed by atoms with Gasteiger partial charge < -0.3 is 19.1 Å². The van der Waals surface area contributed by atoms with E-state index in [9.17, 15) is 4.79 Å². The Kier molecular flexibility index (Phi) is 5.33. The number of carbonyl (C=O) groups is 1. The molecule has 7 heteroatoms. The Morgan fingerprint density at radius 2 is 2.08 bits per heavy atom. The molecule has 7 nitrogen and oxygen atoms in total. The summed E-state index contributed by atoms with van der Waals surface area (Å²) in [6.07, 6.45) is 2.65. The number of likely N-dealkylation sites (tertiary alicyclic amines) is 1. The van der Waals surface area contributed by atoms with Gasteiger partial charge in [0.05, 0.1) is 27.2 Å². The fourth-order valence-electron chi connectivity index (χ4n) is 2.85. The van der Waals surface area contributed by atoms with Gasteiger partial charge in [-0.3, -0.25) is 4.79 Å². The second kappa shape index (κ2) is 7.83. The Labute approximate surface area is 146 Å². The van der Waals surface area contributed by atoms with E-state index in [2.05, 4.69) is 10.2 Å². The van der Waals surface area contributed by atoms with Crippen LogP contribution in [0.4, 0.5) is 0 Å². The van der Waals surface area contributed by atoms with Crippen LogP contribution in [0, 0.1) is 0 Å². The number of nitrogens with zero attached hydrogens (tertiary/aromatic N) is 3. The normalized spacial score (nSPS) is 16.6. The summed E-state index contributed by atoms with van der Waals surface area (Å²) in [5.74, 6) is 1.83. The minimum Gasteiger partial charge on any atom is -0.493 e. The number of hydrogen-bond donors (Lipinski definition) is 0. The summed E-state index contributed by atoms with van der Waals surface area (Å²) in [6, 6.07) is 9.06. The van der Waals surface area contributed by atoms with E-state index in [1.54, 1.807) is 32.5 Å². The van der Waals surface area contributed by atoms with Crippen molar-refractivity contribution in [2.45, 2.75) is 18.9 Å². The summed E-state index contributed by atoms with van der Waals surface area (Å²) in [6.45, 7) is 1.24. The van der Waals surface area contributed by atoms with Crippen LogP contribution in [0.25, 0.3) is 0 Å². The molecule has 0 aliphatic carbocycles. The van der Waals surface area contributed by atoms with Gasteiger partial charge in [-0.1, -0.05) is 6.07 Å². The van der Waals surface area contributed by atoms with E-state index in [4.69, 9.17) is 14.2 Å². The highest BCUT2D eigenvalue weighted by Gasteiger charge is 2.28. The lowest BCUT2D eigenvalue weighted by Crippen LogP contribution is -2.32. The second-order valence-electron chi connectivity index (χ2n) is 5.80. The number of aromatic nitrogens is 2. The molecule has 1 amide bonds. The van der Waals surface area contributed by atoms with Gasteiger partial charge in [-0.2, -0.15) is 5.10 Å². The van der Waals surface area contributed by atoms with Crippen molar-refractivity contribution < 1.29 is 19.0 Å². The number of amides is 1. The van der Waals surface area contributed by atoms with Gasteiger partial charge in [-0.15, -0.1) is 5.10 Å². The van der Waals surface area contributed by atoms with Crippen LogP contribution in [0.5, 0.6) is 17.4 Å². The SMILES string of the molecule is COc1ccc(CC(=O)N2CCC(Oc3cccnn3)C2)cc1OC. The van der Waals surface area contributed by atoms with E-state index in [1.165, 1.54) is 0 Å². The number of benzene rings is 1. The highest BCUT2D eigenvalue weighted by atomic mass is 16.5. The molecule has 0 bridgehead atoms. The standard InChI is InChI=1S/C18H21N3O4/c1-23-15-6-5-13(10-16(15)24-2)11-18(22)21-9-7-14(12-21)25-17-4-3-8-19-20-17/h3-6,8,10,14H,7,9,11-12H2,1-2H3. The van der Waals surface area contributed by atoms with Crippen molar-refractivity contribution in [3.63, 3.8) is 0 Å². The Balaban J connectivity index is 1.57. The van der Waals surface area contributed by atoms with Crippen LogP contribution in [0.15, 0.2) is 36.5 Å². The van der Waals surface area contributed by atoms with Crippen LogP contribution in [-0.2, 0) is 11.2 Å². The third kappa shape index (κ3) is 4.17. The van der Waals surface area contributed by atoms with Crippen LogP contribution < -0.4 is 14.2 Å². The fraction of sp³-hybridized carbons (Fsp3) is 0.389. The predicted molar refractivity (Wildman–Crippen MR) is 90.9 cm³/mol. The Bertz CT molecular complexity index is 724. The predicted octanol–water partition coefficient (Wildman–Crippen LogP) is 1.72. The summed E-state index contributed by atoms with van der Waals surface area (Å²) in [4.78, 5) is 14.4. The zero-order valence-corrected chi connectivity index (χ0v) is 14.3. The molecule has 1 aliphatic rings. The maximum Gasteiger partial charge on any atom is 0.233 e. The minimum absolute atomic E-state index is 0.0500. The van der Waals surface area contributed by atoms with E-state index >= 15 is 0 Å². The summed E-state index contributed by atoms with van der Waals surface area (Å²) >= 11 is 0. The first kappa shape index (κ1) is 17.0. The zero-order valence-electron chi connectivity index (χ0n) is 14.3. The highest BCUT2D eigenvalue weighted by Crippen LogP contribution is 2.28. The summed E-state index contributed by atoms with van der Waals surface area (Å²) in [5, 5.41) is 7.70. The van der Waals surface area contributed by atoms with Crippen LogP contribution in [-0.4, -0.2) is 54.4 Å². The monoisotopic (exact) mass is 343 g/mol. The van der Waals surface area contributed by atoms with Crippen LogP contribution in [0.3, 0.4) is 0 Å². The molecule has 25 heavy (non-hydrogen) atoms. The molecule has 2 aromatic rings. The average Bonchev–Trinajstić information content (AvgIpc) is 3.11. The molecule has 2 heterocycles. The lowest BCUT2D eigenvalue weighted by Gasteiger charge is -2.17. The maximum absolute atomic E-state index is 12.5. The van der Waals surface area contributed by atoms with Crippen molar-refractivity contribution in [2.24, 2.45) is 0 Å². The lowest BCUT2D eigenvalue weighted by molar-refractivity contribution is -0.129. The van der Waals surface area contributed by atoms with Gasteiger partial charge >= 0.3 is 0 Å². The Hall–Kier alpha value is -2.83. The van der Waals surface area contributed by atoms with E-state index in [0.29, 0.717) is 36.9 Å². The molecule has 1 saturated heterocycles. The lowest BCUT2D eigenvalue weighted by atomic mass is 10.1. The molecule has 1 aromatic carbocycles. The van der Waals surface area contributed by atoms with Crippen molar-refractivity contribution in [1.29, 1.82) is 0 Å². The third-order valence-corrected chi connectivity index (χ3v) is 4.14. The van der Waals surface area contributed by atoms with Crippen molar-refractivity contribution in [3.8, 4) is 17.4 Å². The van der Waals surface area contributed by atoms with E-state index in [1.807, 2.05) is 23.1 Å². The highest BCUT2D eigenvalue weighted by molar-refractivity contribution is 5.79. The van der Waals surface area contributed by atoms with Crippen molar-refractivity contribution >= 4 is 5.91 Å². The van der Waals surface area contributed by atoms with Crippen LogP contribution in [0.2, 0.25) is 0 Å². The molecule has 0 radical (unpaired) electrons. The number of methoxy groups -OCH3 is 2. The number of rotatable bonds is 6. The van der Waals surface area contributed by atoms with Gasteiger partial charge in [-0.05, 0) is 23.8 Å². The van der Waals surface area contributed by atoms with Crippen molar-refractivity contribution in [3.05, 3.63) is 42.1 Å². The van der Waals surface area contributed by atoms with Crippen LogP contribution >= 0.6 is 0 Å². The number of hydrogen-bond acceptors (Lipinski definition) is 6. The van der Waals surface area contributed by atoms with Gasteiger partial charge in [0.15, 0.2) is 11.5 Å². The molecule has 132 valence electrons. The second-order valence-corrected chi connectivity index (χ2v) is 5.80. The topological polar surface area (TPSA) is 73.8 Å². The van der Waals surface area contributed by atoms with Gasteiger partial charge in [0.25, 0.3) is 0 Å². The summed E-state index contributed by atoms with van der Waals surface area (Å²) in [5.41, 5.74) is 0.890. The maximum atomic E-state index is 12.5. The Morgan fingerprint density at radius 3 is 2.80 bits per heavy atom. The fourth-order valence-corrected chi connectivity index (χ4v) is 2.85. The van der Waals surface area contributed by atoms with Crippen LogP contribution in [0.1, 0.15) is 12.0 Å². The molecule has 0 spiro atoms. The smallest absolute Gasteiger partial charge is 0.233 e. The van der Waals surface area contributed by atoms with Gasteiger partial charge in [0.2, 0.25) is 11.8 Å². The minimum atomic E-state index is -0.0500. The third-order valence-electron chi connectivity index (χ3n) is 4.14. The largest absolute Gasteiger partial charge is 0.493 e. The first-order chi connectivity index (χ1) is 12.2. The molecule has 1 unspecified atom stereocenters. The van der Waals surface area contributed by atoms with Gasteiger partial charge in [0.1, 0.15) is 6.10 Å². The van der Waals surface area contributed by atoms with E-state index in [-0.39, 0.29) is 12.0 Å². The number of carbonyl (C=O) groups excluding carboxylic acids is 1. The van der Waals surface area contributed by atoms with Crippen molar-refractivity contribution in [2.75, 3.05) is 27.3 Å². The first-order valence-corrected chi connectivity index (χ1v) is 8.12. The average molecular weight is 343 g/mol. The quantitative estimate of drug-likeness (QED) is 0.795. The molecule has 1 aromatic heterocycles. The first-order valence-electron chi connectivity index (χ1n) is 8.12. The molecule has 1 aliphatic heterocycles. The van der Waals surface area contributed by atoms with E-state index in [0.717, 1.165) is 12.0 Å². The van der Waals surface area contributed by atoms with E-state index < -0.39 is 0 Å². The Morgan fingerprint density at radius 1 is 1.24 bits per heavy atom. The summed E-state index contributed by atoms with van der Waals surface area (Å²) < 4.78 is 16.3. The molecule has 0 saturated carbocycles.